The quantitative estimate of drug-likeness (QED) is 0.173. The molecule has 0 bridgehead atoms. The number of benzene rings is 3. The highest BCUT2D eigenvalue weighted by molar-refractivity contribution is 6.07. The summed E-state index contributed by atoms with van der Waals surface area (Å²) in [6, 6.07) is 7.90. The molecule has 3 aromatic carbocycles. The fourth-order valence-electron chi connectivity index (χ4n) is 3.15. The van der Waals surface area contributed by atoms with Gasteiger partial charge in [0.15, 0.2) is 5.84 Å². The van der Waals surface area contributed by atoms with Crippen molar-refractivity contribution in [3.05, 3.63) is 76.9 Å². The fourth-order valence-corrected chi connectivity index (χ4v) is 3.15. The number of aryl methyl sites for hydroxylation is 1. The summed E-state index contributed by atoms with van der Waals surface area (Å²) in [6.07, 6.45) is -4.83. The highest BCUT2D eigenvalue weighted by atomic mass is 19.4. The molecule has 3 rings (SSSR count). The predicted octanol–water partition coefficient (Wildman–Crippen LogP) is 5.43. The number of nitrogens with zero attached hydrogens (tertiary/aromatic N) is 1. The van der Waals surface area contributed by atoms with E-state index in [0.29, 0.717) is 17.7 Å². The van der Waals surface area contributed by atoms with E-state index in [-0.39, 0.29) is 27.8 Å². The van der Waals surface area contributed by atoms with Crippen LogP contribution >= 0.6 is 0 Å². The molecule has 0 atom stereocenters. The van der Waals surface area contributed by atoms with Crippen molar-refractivity contribution in [3.63, 3.8) is 0 Å². The van der Waals surface area contributed by atoms with Crippen LogP contribution in [0.25, 0.3) is 22.3 Å². The summed E-state index contributed by atoms with van der Waals surface area (Å²) in [5.41, 5.74) is 4.10. The number of phenolic OH excluding ortho intramolecular Hbond substituents is 1. The highest BCUT2D eigenvalue weighted by Gasteiger charge is 2.34. The Balaban J connectivity index is 2.53. The number of aromatic hydroxyl groups is 1. The van der Waals surface area contributed by atoms with Crippen molar-refractivity contribution in [2.24, 2.45) is 10.9 Å². The van der Waals surface area contributed by atoms with Gasteiger partial charge in [0, 0.05) is 22.8 Å². The molecule has 0 aliphatic heterocycles. The number of alkyl halides is 3. The van der Waals surface area contributed by atoms with Gasteiger partial charge in [-0.1, -0.05) is 11.2 Å². The lowest BCUT2D eigenvalue weighted by Gasteiger charge is -2.20. The average Bonchev–Trinajstić information content (AvgIpc) is 2.67. The monoisotopic (exact) mass is 422 g/mol. The Hall–Kier alpha value is -3.62. The number of phenols is 1. The average molecular weight is 422 g/mol. The first-order valence-corrected chi connectivity index (χ1v) is 8.51. The van der Waals surface area contributed by atoms with E-state index in [2.05, 4.69) is 5.16 Å². The summed E-state index contributed by atoms with van der Waals surface area (Å²) >= 11 is 0. The lowest BCUT2D eigenvalue weighted by atomic mass is 9.86. The summed E-state index contributed by atoms with van der Waals surface area (Å²) in [7, 11) is 0. The molecule has 0 amide bonds. The van der Waals surface area contributed by atoms with E-state index in [1.807, 2.05) is 0 Å². The number of oxime groups is 1. The Labute approximate surface area is 167 Å². The van der Waals surface area contributed by atoms with Gasteiger partial charge in [-0.25, -0.2) is 8.78 Å². The van der Waals surface area contributed by atoms with Gasteiger partial charge in [0.25, 0.3) is 0 Å². The molecular formula is C21H15F5N2O2. The van der Waals surface area contributed by atoms with Gasteiger partial charge >= 0.3 is 6.18 Å². The number of hydrogen-bond acceptors (Lipinski definition) is 3. The van der Waals surface area contributed by atoms with Gasteiger partial charge in [0.2, 0.25) is 0 Å². The van der Waals surface area contributed by atoms with Crippen LogP contribution in [0, 0.1) is 18.6 Å². The highest BCUT2D eigenvalue weighted by Crippen LogP contribution is 2.42. The van der Waals surface area contributed by atoms with Crippen LogP contribution in [0.2, 0.25) is 0 Å². The molecule has 156 valence electrons. The first-order chi connectivity index (χ1) is 14.0. The first kappa shape index (κ1) is 21.1. The Morgan fingerprint density at radius 3 is 2.23 bits per heavy atom. The minimum Gasteiger partial charge on any atom is -0.508 e. The molecule has 4 N–H and O–H groups in total. The molecule has 9 heteroatoms. The van der Waals surface area contributed by atoms with E-state index in [4.69, 9.17) is 10.9 Å². The minimum atomic E-state index is -4.83. The maximum Gasteiger partial charge on any atom is 0.416 e. The van der Waals surface area contributed by atoms with Crippen molar-refractivity contribution < 1.29 is 32.3 Å². The van der Waals surface area contributed by atoms with E-state index in [1.54, 1.807) is 6.92 Å². The van der Waals surface area contributed by atoms with E-state index >= 15 is 0 Å². The molecule has 0 spiro atoms. The Kier molecular flexibility index (Phi) is 5.39. The topological polar surface area (TPSA) is 78.8 Å². The molecule has 0 fully saturated rings. The van der Waals surface area contributed by atoms with Crippen LogP contribution in [-0.4, -0.2) is 16.1 Å². The second-order valence-electron chi connectivity index (χ2n) is 6.55. The molecule has 0 aliphatic rings. The second kappa shape index (κ2) is 7.66. The first-order valence-electron chi connectivity index (χ1n) is 8.51. The number of rotatable bonds is 3. The summed E-state index contributed by atoms with van der Waals surface area (Å²) in [5.74, 6) is -2.78. The summed E-state index contributed by atoms with van der Waals surface area (Å²) in [6.45, 7) is 1.58. The van der Waals surface area contributed by atoms with E-state index in [0.717, 1.165) is 30.3 Å². The Morgan fingerprint density at radius 1 is 0.933 bits per heavy atom. The third-order valence-electron chi connectivity index (χ3n) is 4.56. The van der Waals surface area contributed by atoms with Gasteiger partial charge < -0.3 is 16.0 Å². The van der Waals surface area contributed by atoms with Gasteiger partial charge in [-0.15, -0.1) is 0 Å². The zero-order valence-corrected chi connectivity index (χ0v) is 15.4. The summed E-state index contributed by atoms with van der Waals surface area (Å²) in [5, 5.41) is 21.4. The molecule has 0 saturated carbocycles. The number of hydrogen-bond donors (Lipinski definition) is 3. The van der Waals surface area contributed by atoms with Crippen LogP contribution in [0.15, 0.2) is 53.7 Å². The Morgan fingerprint density at radius 2 is 1.63 bits per heavy atom. The molecule has 30 heavy (non-hydrogen) atoms. The van der Waals surface area contributed by atoms with Gasteiger partial charge in [-0.05, 0) is 60.0 Å². The number of halogens is 5. The van der Waals surface area contributed by atoms with E-state index in [9.17, 15) is 27.1 Å². The summed E-state index contributed by atoms with van der Waals surface area (Å²) < 4.78 is 69.2. The van der Waals surface area contributed by atoms with E-state index in [1.165, 1.54) is 6.07 Å². The van der Waals surface area contributed by atoms with Crippen molar-refractivity contribution in [1.29, 1.82) is 0 Å². The van der Waals surface area contributed by atoms with Crippen molar-refractivity contribution in [1.82, 2.24) is 0 Å². The molecule has 0 heterocycles. The molecule has 0 unspecified atom stereocenters. The van der Waals surface area contributed by atoms with Crippen LogP contribution in [0.3, 0.4) is 0 Å². The molecule has 0 aromatic heterocycles. The lowest BCUT2D eigenvalue weighted by Crippen LogP contribution is -2.17. The van der Waals surface area contributed by atoms with Crippen molar-refractivity contribution >= 4 is 5.84 Å². The van der Waals surface area contributed by atoms with Crippen LogP contribution in [0.5, 0.6) is 5.75 Å². The van der Waals surface area contributed by atoms with Crippen molar-refractivity contribution in [2.75, 3.05) is 0 Å². The van der Waals surface area contributed by atoms with Gasteiger partial charge in [0.1, 0.15) is 17.4 Å². The lowest BCUT2D eigenvalue weighted by molar-refractivity contribution is -0.137. The molecule has 0 radical (unpaired) electrons. The molecule has 3 aromatic rings. The molecule has 0 aliphatic carbocycles. The molecule has 4 nitrogen and oxygen atoms in total. The number of amidine groups is 1. The third kappa shape index (κ3) is 3.91. The van der Waals surface area contributed by atoms with Gasteiger partial charge in [-0.2, -0.15) is 13.2 Å². The van der Waals surface area contributed by atoms with Gasteiger partial charge in [0.05, 0.1) is 5.56 Å². The summed E-state index contributed by atoms with van der Waals surface area (Å²) in [4.78, 5) is 0. The fraction of sp³-hybridized carbons (Fsp3) is 0.0952. The largest absolute Gasteiger partial charge is 0.508 e. The standard InChI is InChI=1S/C21H15F5N2O2/c1-10-2-3-12(22)8-15(10)19-16(14-5-4-13(29)9-18(14)23)6-11(21(24,25)26)7-17(19)20(27)28-30/h2-9,29-30H,1H3,(H2,27,28). The molecule has 0 saturated heterocycles. The zero-order chi connectivity index (χ0) is 22.2. The van der Waals surface area contributed by atoms with Crippen LogP contribution in [-0.2, 0) is 6.18 Å². The second-order valence-corrected chi connectivity index (χ2v) is 6.55. The van der Waals surface area contributed by atoms with Crippen LogP contribution < -0.4 is 5.73 Å². The minimum absolute atomic E-state index is 0.0557. The predicted molar refractivity (Wildman–Crippen MR) is 101 cm³/mol. The van der Waals surface area contributed by atoms with Crippen LogP contribution in [0.4, 0.5) is 22.0 Å². The molecular weight excluding hydrogens is 407 g/mol. The van der Waals surface area contributed by atoms with Crippen molar-refractivity contribution in [3.8, 4) is 28.0 Å². The zero-order valence-electron chi connectivity index (χ0n) is 15.4. The number of nitrogens with two attached hydrogens (primary N) is 1. The maximum absolute atomic E-state index is 14.6. The SMILES string of the molecule is Cc1ccc(F)cc1-c1c(/C(N)=N\O)cc(C(F)(F)F)cc1-c1ccc(O)cc1F. The van der Waals surface area contributed by atoms with Gasteiger partial charge in [-0.3, -0.25) is 0 Å². The maximum atomic E-state index is 14.6. The smallest absolute Gasteiger partial charge is 0.416 e. The van der Waals surface area contributed by atoms with Crippen LogP contribution in [0.1, 0.15) is 16.7 Å². The Bertz CT molecular complexity index is 1160. The normalized spacial score (nSPS) is 12.3. The third-order valence-corrected chi connectivity index (χ3v) is 4.56. The van der Waals surface area contributed by atoms with E-state index < -0.39 is 35.0 Å². The van der Waals surface area contributed by atoms with Crippen molar-refractivity contribution in [2.45, 2.75) is 13.1 Å².